The summed E-state index contributed by atoms with van der Waals surface area (Å²) in [5.41, 5.74) is 4.84. The van der Waals surface area contributed by atoms with Crippen LogP contribution in [0.15, 0.2) is 17.1 Å². The van der Waals surface area contributed by atoms with E-state index >= 15 is 0 Å². The van der Waals surface area contributed by atoms with Gasteiger partial charge >= 0.3 is 6.09 Å². The summed E-state index contributed by atoms with van der Waals surface area (Å²) in [6, 6.07) is 0. The average Bonchev–Trinajstić information content (AvgIpc) is 1.81. The third-order valence-corrected chi connectivity index (χ3v) is 0.951. The van der Waals surface area contributed by atoms with Gasteiger partial charge in [-0.2, -0.15) is 4.99 Å². The average molecular weight is 184 g/mol. The fourth-order valence-corrected chi connectivity index (χ4v) is 0.598. The van der Waals surface area contributed by atoms with Crippen molar-refractivity contribution < 1.29 is 9.53 Å². The van der Waals surface area contributed by atoms with Crippen molar-refractivity contribution in [2.24, 2.45) is 10.7 Å². The smallest absolute Gasteiger partial charge is 0.436 e. The van der Waals surface area contributed by atoms with Crippen LogP contribution in [0.25, 0.3) is 0 Å². The van der Waals surface area contributed by atoms with Crippen molar-refractivity contribution in [1.82, 2.24) is 0 Å². The molecule has 74 valence electrons. The standard InChI is InChI=1S/C9H16N2O2/c1-5-6-7(10)11-8(12)13-9(2,3)4/h5-6H,1-4H3,(H2,10,11,12)/b6-5-. The summed E-state index contributed by atoms with van der Waals surface area (Å²) in [5.74, 6) is 0.150. The first-order valence-corrected chi connectivity index (χ1v) is 4.05. The molecule has 0 radical (unpaired) electrons. The SMILES string of the molecule is C/C=C\C(N)=N/C(=O)OC(C)(C)C. The molecule has 0 rings (SSSR count). The van der Waals surface area contributed by atoms with E-state index in [0.717, 1.165) is 0 Å². The molecule has 0 aromatic heterocycles. The Balaban J connectivity index is 4.23. The van der Waals surface area contributed by atoms with Crippen LogP contribution in [0.3, 0.4) is 0 Å². The Morgan fingerprint density at radius 3 is 2.38 bits per heavy atom. The molecule has 0 unspecified atom stereocenters. The zero-order valence-electron chi connectivity index (χ0n) is 8.50. The lowest BCUT2D eigenvalue weighted by molar-refractivity contribution is 0.0604. The number of amidine groups is 1. The fourth-order valence-electron chi connectivity index (χ4n) is 0.598. The summed E-state index contributed by atoms with van der Waals surface area (Å²) in [5, 5.41) is 0. The van der Waals surface area contributed by atoms with Crippen molar-refractivity contribution in [3.63, 3.8) is 0 Å². The number of hydrogen-bond acceptors (Lipinski definition) is 2. The molecule has 0 saturated heterocycles. The molecule has 0 saturated carbocycles. The number of hydrogen-bond donors (Lipinski definition) is 1. The van der Waals surface area contributed by atoms with Gasteiger partial charge in [0.15, 0.2) is 0 Å². The highest BCUT2D eigenvalue weighted by atomic mass is 16.6. The van der Waals surface area contributed by atoms with Crippen LogP contribution in [0.4, 0.5) is 4.79 Å². The highest BCUT2D eigenvalue weighted by Crippen LogP contribution is 2.07. The minimum atomic E-state index is -0.664. The predicted octanol–water partition coefficient (Wildman–Crippen LogP) is 1.85. The summed E-state index contributed by atoms with van der Waals surface area (Å²) in [7, 11) is 0. The highest BCUT2D eigenvalue weighted by Gasteiger charge is 2.15. The molecule has 1 amide bonds. The van der Waals surface area contributed by atoms with Gasteiger partial charge in [-0.15, -0.1) is 0 Å². The first-order chi connectivity index (χ1) is 5.85. The first-order valence-electron chi connectivity index (χ1n) is 4.05. The monoisotopic (exact) mass is 184 g/mol. The Bertz CT molecular complexity index is 236. The Kier molecular flexibility index (Phi) is 4.17. The van der Waals surface area contributed by atoms with Crippen LogP contribution in [0.1, 0.15) is 27.7 Å². The van der Waals surface area contributed by atoms with Crippen molar-refractivity contribution >= 4 is 11.9 Å². The van der Waals surface area contributed by atoms with E-state index in [9.17, 15) is 4.79 Å². The molecular weight excluding hydrogens is 168 g/mol. The third-order valence-electron chi connectivity index (χ3n) is 0.951. The lowest BCUT2D eigenvalue weighted by atomic mass is 10.2. The number of nitrogens with zero attached hydrogens (tertiary/aromatic N) is 1. The van der Waals surface area contributed by atoms with Gasteiger partial charge in [-0.25, -0.2) is 4.79 Å². The Morgan fingerprint density at radius 1 is 1.46 bits per heavy atom. The number of allylic oxidation sites excluding steroid dienone is 1. The van der Waals surface area contributed by atoms with Crippen LogP contribution < -0.4 is 5.73 Å². The number of aliphatic imine (C=N–C) groups is 1. The normalized spacial score (nSPS) is 13.4. The van der Waals surface area contributed by atoms with Gasteiger partial charge in [-0.1, -0.05) is 6.08 Å². The summed E-state index contributed by atoms with van der Waals surface area (Å²) in [4.78, 5) is 14.5. The number of nitrogens with two attached hydrogens (primary N) is 1. The quantitative estimate of drug-likeness (QED) is 0.499. The Morgan fingerprint density at radius 2 is 2.00 bits per heavy atom. The summed E-state index contributed by atoms with van der Waals surface area (Å²) in [6.07, 6.45) is 2.57. The number of carbonyl (C=O) groups is 1. The lowest BCUT2D eigenvalue weighted by Crippen LogP contribution is -2.23. The van der Waals surface area contributed by atoms with E-state index < -0.39 is 11.7 Å². The zero-order valence-corrected chi connectivity index (χ0v) is 8.50. The molecule has 0 aromatic carbocycles. The van der Waals surface area contributed by atoms with Gasteiger partial charge in [-0.3, -0.25) is 0 Å². The van der Waals surface area contributed by atoms with Gasteiger partial charge in [0.2, 0.25) is 0 Å². The van der Waals surface area contributed by atoms with E-state index in [-0.39, 0.29) is 5.84 Å². The Labute approximate surface area is 78.5 Å². The molecule has 0 aromatic rings. The number of amides is 1. The van der Waals surface area contributed by atoms with Crippen molar-refractivity contribution in [1.29, 1.82) is 0 Å². The van der Waals surface area contributed by atoms with Crippen LogP contribution in [0, 0.1) is 0 Å². The van der Waals surface area contributed by atoms with Crippen molar-refractivity contribution in [3.8, 4) is 0 Å². The van der Waals surface area contributed by atoms with E-state index in [4.69, 9.17) is 10.5 Å². The molecule has 2 N–H and O–H groups in total. The van der Waals surface area contributed by atoms with E-state index in [1.54, 1.807) is 33.8 Å². The largest absolute Gasteiger partial charge is 0.442 e. The van der Waals surface area contributed by atoms with Crippen LogP contribution >= 0.6 is 0 Å². The van der Waals surface area contributed by atoms with Gasteiger partial charge in [0, 0.05) is 0 Å². The van der Waals surface area contributed by atoms with Gasteiger partial charge in [0.1, 0.15) is 11.4 Å². The minimum Gasteiger partial charge on any atom is -0.442 e. The molecule has 13 heavy (non-hydrogen) atoms. The molecule has 0 bridgehead atoms. The topological polar surface area (TPSA) is 64.7 Å². The van der Waals surface area contributed by atoms with Crippen molar-refractivity contribution in [2.45, 2.75) is 33.3 Å². The molecule has 0 aliphatic rings. The molecular formula is C9H16N2O2. The predicted molar refractivity (Wildman–Crippen MR) is 52.7 cm³/mol. The maximum absolute atomic E-state index is 11.0. The number of rotatable bonds is 1. The third kappa shape index (κ3) is 7.05. The molecule has 0 spiro atoms. The zero-order chi connectivity index (χ0) is 10.5. The maximum Gasteiger partial charge on any atom is 0.436 e. The Hall–Kier alpha value is -1.32. The van der Waals surface area contributed by atoms with Crippen molar-refractivity contribution in [3.05, 3.63) is 12.2 Å². The molecule has 0 aliphatic heterocycles. The molecule has 0 heterocycles. The maximum atomic E-state index is 11.0. The minimum absolute atomic E-state index is 0.150. The van der Waals surface area contributed by atoms with E-state index in [2.05, 4.69) is 4.99 Å². The molecule has 0 fully saturated rings. The first kappa shape index (κ1) is 11.7. The van der Waals surface area contributed by atoms with Crippen LogP contribution in [0.2, 0.25) is 0 Å². The molecule has 0 atom stereocenters. The summed E-state index contributed by atoms with van der Waals surface area (Å²) in [6.45, 7) is 7.10. The molecule has 0 aliphatic carbocycles. The van der Waals surface area contributed by atoms with Gasteiger partial charge in [-0.05, 0) is 33.8 Å². The fraction of sp³-hybridized carbons (Fsp3) is 0.556. The lowest BCUT2D eigenvalue weighted by Gasteiger charge is -2.17. The van der Waals surface area contributed by atoms with E-state index in [1.165, 1.54) is 6.08 Å². The molecule has 4 nitrogen and oxygen atoms in total. The van der Waals surface area contributed by atoms with E-state index in [1.807, 2.05) is 0 Å². The molecule has 4 heteroatoms. The van der Waals surface area contributed by atoms with Gasteiger partial charge < -0.3 is 10.5 Å². The van der Waals surface area contributed by atoms with Crippen LogP contribution in [0.5, 0.6) is 0 Å². The highest BCUT2D eigenvalue weighted by molar-refractivity contribution is 5.98. The number of carbonyl (C=O) groups excluding carboxylic acids is 1. The van der Waals surface area contributed by atoms with Crippen LogP contribution in [-0.4, -0.2) is 17.5 Å². The summed E-state index contributed by atoms with van der Waals surface area (Å²) < 4.78 is 4.91. The van der Waals surface area contributed by atoms with Crippen molar-refractivity contribution in [2.75, 3.05) is 0 Å². The second kappa shape index (κ2) is 4.64. The summed E-state index contributed by atoms with van der Waals surface area (Å²) >= 11 is 0. The second-order valence-electron chi connectivity index (χ2n) is 3.52. The number of ether oxygens (including phenoxy) is 1. The second-order valence-corrected chi connectivity index (χ2v) is 3.52. The van der Waals surface area contributed by atoms with E-state index in [0.29, 0.717) is 0 Å². The van der Waals surface area contributed by atoms with Gasteiger partial charge in [0.25, 0.3) is 0 Å². The van der Waals surface area contributed by atoms with Crippen LogP contribution in [-0.2, 0) is 4.74 Å². The van der Waals surface area contributed by atoms with Gasteiger partial charge in [0.05, 0.1) is 0 Å².